The van der Waals surface area contributed by atoms with E-state index in [0.29, 0.717) is 19.3 Å². The molecular formula is C16H30N2O5. The van der Waals surface area contributed by atoms with Crippen molar-refractivity contribution in [2.75, 3.05) is 0 Å². The van der Waals surface area contributed by atoms with E-state index in [1.54, 1.807) is 34.6 Å². The van der Waals surface area contributed by atoms with Crippen molar-refractivity contribution in [3.8, 4) is 0 Å². The molecule has 1 amide bonds. The molecule has 7 heteroatoms. The van der Waals surface area contributed by atoms with Crippen molar-refractivity contribution < 1.29 is 24.6 Å². The fraction of sp³-hybridized carbons (Fsp3) is 0.812. The van der Waals surface area contributed by atoms with Crippen LogP contribution in [-0.4, -0.2) is 45.2 Å². The number of nitrogens with two attached hydrogens (primary N) is 1. The fourth-order valence-electron chi connectivity index (χ4n) is 2.36. The first-order valence-electron chi connectivity index (χ1n) is 7.92. The lowest BCUT2D eigenvalue weighted by Gasteiger charge is -2.39. The Morgan fingerprint density at radius 3 is 1.96 bits per heavy atom. The van der Waals surface area contributed by atoms with Crippen molar-refractivity contribution >= 4 is 17.8 Å². The lowest BCUT2D eigenvalue weighted by molar-refractivity contribution is -0.159. The van der Waals surface area contributed by atoms with E-state index in [2.05, 4.69) is 0 Å². The standard InChI is InChI=1S/C16H30N2O5/c1-10(2)13(14(21)22)18(15(23)16(3,4)5)11(17)8-6-7-9-12(19)20/h10-11,13H,6-9,17H2,1-5H3,(H,19,20)(H,21,22)/t11?,13-/m0/s1. The Labute approximate surface area is 137 Å². The van der Waals surface area contributed by atoms with Gasteiger partial charge >= 0.3 is 11.9 Å². The molecule has 0 aliphatic rings. The van der Waals surface area contributed by atoms with Crippen LogP contribution in [0.25, 0.3) is 0 Å². The number of hydrogen-bond donors (Lipinski definition) is 3. The molecule has 0 aromatic carbocycles. The molecule has 4 N–H and O–H groups in total. The van der Waals surface area contributed by atoms with Gasteiger partial charge in [0.15, 0.2) is 0 Å². The molecule has 0 fully saturated rings. The zero-order valence-electron chi connectivity index (χ0n) is 14.7. The van der Waals surface area contributed by atoms with Crippen molar-refractivity contribution in [3.05, 3.63) is 0 Å². The third kappa shape index (κ3) is 6.99. The summed E-state index contributed by atoms with van der Waals surface area (Å²) in [5.41, 5.74) is 5.35. The zero-order chi connectivity index (χ0) is 18.4. The van der Waals surface area contributed by atoms with Crippen molar-refractivity contribution in [2.45, 2.75) is 72.5 Å². The molecule has 0 bridgehead atoms. The molecular weight excluding hydrogens is 300 g/mol. The minimum absolute atomic E-state index is 0.0342. The minimum Gasteiger partial charge on any atom is -0.481 e. The van der Waals surface area contributed by atoms with E-state index in [1.165, 1.54) is 4.90 Å². The number of aliphatic carboxylic acids is 2. The summed E-state index contributed by atoms with van der Waals surface area (Å²) in [4.78, 5) is 36.1. The maximum atomic E-state index is 12.7. The van der Waals surface area contributed by atoms with Crippen LogP contribution < -0.4 is 5.73 Å². The molecule has 134 valence electrons. The molecule has 0 aliphatic carbocycles. The Morgan fingerprint density at radius 1 is 1.09 bits per heavy atom. The van der Waals surface area contributed by atoms with Crippen LogP contribution in [0, 0.1) is 11.3 Å². The molecule has 1 unspecified atom stereocenters. The number of unbranched alkanes of at least 4 members (excludes halogenated alkanes) is 1. The maximum Gasteiger partial charge on any atom is 0.326 e. The number of hydrogen-bond acceptors (Lipinski definition) is 4. The monoisotopic (exact) mass is 330 g/mol. The molecule has 0 radical (unpaired) electrons. The van der Waals surface area contributed by atoms with Gasteiger partial charge in [-0.1, -0.05) is 34.6 Å². The van der Waals surface area contributed by atoms with Crippen LogP contribution in [-0.2, 0) is 14.4 Å². The Morgan fingerprint density at radius 2 is 1.61 bits per heavy atom. The number of rotatable bonds is 9. The van der Waals surface area contributed by atoms with Gasteiger partial charge in [0.2, 0.25) is 5.91 Å². The van der Waals surface area contributed by atoms with E-state index >= 15 is 0 Å². The molecule has 0 aromatic rings. The largest absolute Gasteiger partial charge is 0.481 e. The predicted octanol–water partition coefficient (Wildman–Crippen LogP) is 1.90. The van der Waals surface area contributed by atoms with Crippen LogP contribution in [0.5, 0.6) is 0 Å². The molecule has 0 aromatic heterocycles. The summed E-state index contributed by atoms with van der Waals surface area (Å²) < 4.78 is 0. The molecule has 23 heavy (non-hydrogen) atoms. The highest BCUT2D eigenvalue weighted by Crippen LogP contribution is 2.25. The quantitative estimate of drug-likeness (QED) is 0.438. The van der Waals surface area contributed by atoms with Crippen molar-refractivity contribution in [2.24, 2.45) is 17.1 Å². The van der Waals surface area contributed by atoms with Crippen molar-refractivity contribution in [1.82, 2.24) is 4.90 Å². The van der Waals surface area contributed by atoms with Crippen LogP contribution in [0.4, 0.5) is 0 Å². The van der Waals surface area contributed by atoms with Gasteiger partial charge in [0, 0.05) is 11.8 Å². The summed E-state index contributed by atoms with van der Waals surface area (Å²) in [6.07, 6.45) is 0.614. The maximum absolute atomic E-state index is 12.7. The first-order valence-corrected chi connectivity index (χ1v) is 7.92. The molecule has 7 nitrogen and oxygen atoms in total. The highest BCUT2D eigenvalue weighted by Gasteiger charge is 2.39. The van der Waals surface area contributed by atoms with E-state index in [1.807, 2.05) is 0 Å². The van der Waals surface area contributed by atoms with Gasteiger partial charge < -0.3 is 20.8 Å². The topological polar surface area (TPSA) is 121 Å². The second-order valence-corrected chi connectivity index (χ2v) is 7.20. The summed E-state index contributed by atoms with van der Waals surface area (Å²) >= 11 is 0. The highest BCUT2D eigenvalue weighted by atomic mass is 16.4. The van der Waals surface area contributed by atoms with Gasteiger partial charge in [-0.25, -0.2) is 4.79 Å². The SMILES string of the molecule is CC(C)[C@@H](C(=O)O)N(C(=O)C(C)(C)C)C(N)CCCCC(=O)O. The van der Waals surface area contributed by atoms with E-state index in [0.717, 1.165) is 0 Å². The number of carbonyl (C=O) groups is 3. The average Bonchev–Trinajstić information content (AvgIpc) is 2.37. The predicted molar refractivity (Wildman–Crippen MR) is 86.6 cm³/mol. The third-order valence-electron chi connectivity index (χ3n) is 3.56. The van der Waals surface area contributed by atoms with Gasteiger partial charge in [-0.2, -0.15) is 0 Å². The first kappa shape index (κ1) is 21.4. The van der Waals surface area contributed by atoms with E-state index in [4.69, 9.17) is 10.8 Å². The van der Waals surface area contributed by atoms with Crippen molar-refractivity contribution in [1.29, 1.82) is 0 Å². The second-order valence-electron chi connectivity index (χ2n) is 7.20. The smallest absolute Gasteiger partial charge is 0.326 e. The van der Waals surface area contributed by atoms with Gasteiger partial charge in [0.1, 0.15) is 6.04 Å². The molecule has 0 rings (SSSR count). The summed E-state index contributed by atoms with van der Waals surface area (Å²) in [6.45, 7) is 8.63. The van der Waals surface area contributed by atoms with E-state index in [9.17, 15) is 19.5 Å². The van der Waals surface area contributed by atoms with Gasteiger partial charge in [-0.3, -0.25) is 9.59 Å². The summed E-state index contributed by atoms with van der Waals surface area (Å²) in [5.74, 6) is -2.57. The number of amides is 1. The Bertz CT molecular complexity index is 429. The molecule has 0 heterocycles. The van der Waals surface area contributed by atoms with Gasteiger partial charge in [0.25, 0.3) is 0 Å². The molecule has 0 saturated heterocycles. The number of carboxylic acid groups (broad SMARTS) is 2. The number of carbonyl (C=O) groups excluding carboxylic acids is 1. The Kier molecular flexibility index (Phi) is 8.23. The van der Waals surface area contributed by atoms with Crippen LogP contribution in [0.1, 0.15) is 60.3 Å². The fourth-order valence-corrected chi connectivity index (χ4v) is 2.36. The van der Waals surface area contributed by atoms with Crippen LogP contribution in [0.2, 0.25) is 0 Å². The lowest BCUT2D eigenvalue weighted by atomic mass is 9.91. The van der Waals surface area contributed by atoms with E-state index in [-0.39, 0.29) is 18.2 Å². The van der Waals surface area contributed by atoms with Crippen LogP contribution >= 0.6 is 0 Å². The highest BCUT2D eigenvalue weighted by molar-refractivity contribution is 5.87. The van der Waals surface area contributed by atoms with E-state index < -0.39 is 29.6 Å². The zero-order valence-corrected chi connectivity index (χ0v) is 14.7. The van der Waals surface area contributed by atoms with Crippen LogP contribution in [0.3, 0.4) is 0 Å². The summed E-state index contributed by atoms with van der Waals surface area (Å²) in [6, 6.07) is -1.00. The Hall–Kier alpha value is -1.63. The van der Waals surface area contributed by atoms with Crippen LogP contribution in [0.15, 0.2) is 0 Å². The summed E-state index contributed by atoms with van der Waals surface area (Å²) in [7, 11) is 0. The average molecular weight is 330 g/mol. The molecule has 0 spiro atoms. The van der Waals surface area contributed by atoms with Crippen molar-refractivity contribution in [3.63, 3.8) is 0 Å². The van der Waals surface area contributed by atoms with Gasteiger partial charge in [0.05, 0.1) is 6.17 Å². The van der Waals surface area contributed by atoms with Gasteiger partial charge in [-0.15, -0.1) is 0 Å². The lowest BCUT2D eigenvalue weighted by Crippen LogP contribution is -2.59. The van der Waals surface area contributed by atoms with Gasteiger partial charge in [-0.05, 0) is 25.2 Å². The number of carboxylic acids is 2. The molecule has 0 aliphatic heterocycles. The number of nitrogens with zero attached hydrogens (tertiary/aromatic N) is 1. The third-order valence-corrected chi connectivity index (χ3v) is 3.56. The minimum atomic E-state index is -1.08. The molecule has 2 atom stereocenters. The normalized spacial score (nSPS) is 14.4. The first-order chi connectivity index (χ1) is 10.4. The summed E-state index contributed by atoms with van der Waals surface area (Å²) in [5, 5.41) is 18.1. The second kappa shape index (κ2) is 8.86. The Balaban J connectivity index is 5.22. The molecule has 0 saturated carbocycles.